The highest BCUT2D eigenvalue weighted by molar-refractivity contribution is 5.28. The van der Waals surface area contributed by atoms with Crippen molar-refractivity contribution in [3.63, 3.8) is 0 Å². The van der Waals surface area contributed by atoms with Crippen LogP contribution >= 0.6 is 0 Å². The first-order valence-electron chi connectivity index (χ1n) is 12.5. The van der Waals surface area contributed by atoms with E-state index < -0.39 is 17.9 Å². The number of aliphatic hydroxyl groups is 2. The minimum Gasteiger partial charge on any atom is -0.390 e. The van der Waals surface area contributed by atoms with Crippen LogP contribution in [-0.2, 0) is 0 Å². The van der Waals surface area contributed by atoms with Crippen LogP contribution in [0.3, 0.4) is 0 Å². The average molecular weight is 455 g/mol. The number of hydrogen-bond acceptors (Lipinski definition) is 2. The van der Waals surface area contributed by atoms with Gasteiger partial charge in [0.05, 0.1) is 5.60 Å². The lowest BCUT2D eigenvalue weighted by Crippen LogP contribution is -2.41. The maximum Gasteiger partial charge on any atom is 0.417 e. The van der Waals surface area contributed by atoms with Crippen LogP contribution in [0.2, 0.25) is 0 Å². The van der Waals surface area contributed by atoms with Gasteiger partial charge in [0.2, 0.25) is 0 Å². The molecule has 1 saturated carbocycles. The molecule has 0 aromatic carbocycles. The zero-order valence-corrected chi connectivity index (χ0v) is 19.9. The number of halogens is 3. The second-order valence-corrected chi connectivity index (χ2v) is 10.7. The molecule has 0 radical (unpaired) electrons. The maximum atomic E-state index is 12.6. The molecule has 5 heteroatoms. The maximum absolute atomic E-state index is 12.6. The summed E-state index contributed by atoms with van der Waals surface area (Å²) in [7, 11) is 0. The lowest BCUT2D eigenvalue weighted by atomic mass is 9.55. The molecular formula is C27H41F3O2. The Hall–Kier alpha value is -1.07. The van der Waals surface area contributed by atoms with Crippen molar-refractivity contribution in [3.8, 4) is 0 Å². The zero-order valence-electron chi connectivity index (χ0n) is 19.9. The summed E-state index contributed by atoms with van der Waals surface area (Å²) < 4.78 is 37.7. The fourth-order valence-corrected chi connectivity index (χ4v) is 6.57. The Bertz CT molecular complexity index is 738. The normalized spacial score (nSPS) is 33.3. The molecule has 182 valence electrons. The van der Waals surface area contributed by atoms with Gasteiger partial charge in [0.15, 0.2) is 6.10 Å². The SMILES string of the molecule is CCCCC(O)(CC)CC1=CC[C@@H]2[C@H](CC[C@]3(C)C(C/C=C/C(O)C(F)(F)F)=CC[C@@H]23)C1. The number of fused-ring (bicyclic) bond motifs is 3. The molecule has 6 atom stereocenters. The summed E-state index contributed by atoms with van der Waals surface area (Å²) >= 11 is 0. The molecule has 2 nitrogen and oxygen atoms in total. The van der Waals surface area contributed by atoms with Crippen LogP contribution in [0.15, 0.2) is 35.5 Å². The van der Waals surface area contributed by atoms with Crippen LogP contribution in [-0.4, -0.2) is 28.1 Å². The highest BCUT2D eigenvalue weighted by Gasteiger charge is 2.50. The van der Waals surface area contributed by atoms with Crippen molar-refractivity contribution in [2.45, 2.75) is 109 Å². The van der Waals surface area contributed by atoms with Gasteiger partial charge in [0, 0.05) is 0 Å². The number of allylic oxidation sites excluding steroid dienone is 4. The zero-order chi connectivity index (χ0) is 23.6. The Kier molecular flexibility index (Phi) is 8.02. The first-order valence-corrected chi connectivity index (χ1v) is 12.5. The fraction of sp³-hybridized carbons (Fsp3) is 0.778. The monoisotopic (exact) mass is 454 g/mol. The van der Waals surface area contributed by atoms with E-state index in [4.69, 9.17) is 0 Å². The van der Waals surface area contributed by atoms with E-state index in [-0.39, 0.29) is 5.41 Å². The van der Waals surface area contributed by atoms with Crippen molar-refractivity contribution >= 4 is 0 Å². The minimum atomic E-state index is -4.60. The topological polar surface area (TPSA) is 40.5 Å². The molecule has 2 N–H and O–H groups in total. The predicted molar refractivity (Wildman–Crippen MR) is 123 cm³/mol. The van der Waals surface area contributed by atoms with E-state index in [2.05, 4.69) is 32.9 Å². The molecule has 2 unspecified atom stereocenters. The number of unbranched alkanes of at least 4 members (excludes halogenated alkanes) is 1. The largest absolute Gasteiger partial charge is 0.417 e. The van der Waals surface area contributed by atoms with Gasteiger partial charge in [-0.1, -0.05) is 69.1 Å². The van der Waals surface area contributed by atoms with E-state index >= 15 is 0 Å². The molecule has 0 spiro atoms. The van der Waals surface area contributed by atoms with Gasteiger partial charge in [-0.25, -0.2) is 0 Å². The molecule has 32 heavy (non-hydrogen) atoms. The molecule has 0 amide bonds. The lowest BCUT2D eigenvalue weighted by molar-refractivity contribution is -0.187. The van der Waals surface area contributed by atoms with E-state index in [1.54, 1.807) is 0 Å². The average Bonchev–Trinajstić information content (AvgIpc) is 3.08. The number of rotatable bonds is 9. The Morgan fingerprint density at radius 3 is 2.62 bits per heavy atom. The molecule has 0 heterocycles. The van der Waals surface area contributed by atoms with Crippen LogP contribution in [0.4, 0.5) is 13.2 Å². The molecule has 0 aliphatic heterocycles. The predicted octanol–water partition coefficient (Wildman–Crippen LogP) is 7.28. The smallest absolute Gasteiger partial charge is 0.390 e. The van der Waals surface area contributed by atoms with Gasteiger partial charge in [-0.3, -0.25) is 0 Å². The molecule has 3 rings (SSSR count). The Labute approximate surface area is 191 Å². The molecule has 1 fully saturated rings. The molecule has 0 aromatic rings. The third kappa shape index (κ3) is 5.52. The van der Waals surface area contributed by atoms with Crippen LogP contribution in [0, 0.1) is 23.2 Å². The highest BCUT2D eigenvalue weighted by atomic mass is 19.4. The Morgan fingerprint density at radius 2 is 1.97 bits per heavy atom. The quantitative estimate of drug-likeness (QED) is 0.360. The van der Waals surface area contributed by atoms with Gasteiger partial charge in [0.1, 0.15) is 0 Å². The number of hydrogen-bond donors (Lipinski definition) is 2. The van der Waals surface area contributed by atoms with Crippen LogP contribution in [0.25, 0.3) is 0 Å². The summed E-state index contributed by atoms with van der Waals surface area (Å²) in [5.74, 6) is 1.80. The molecule has 0 bridgehead atoms. The summed E-state index contributed by atoms with van der Waals surface area (Å²) in [6, 6.07) is 0. The highest BCUT2D eigenvalue weighted by Crippen LogP contribution is 2.60. The van der Waals surface area contributed by atoms with E-state index in [0.29, 0.717) is 24.2 Å². The Balaban J connectivity index is 1.63. The van der Waals surface area contributed by atoms with E-state index in [0.717, 1.165) is 70.3 Å². The van der Waals surface area contributed by atoms with E-state index in [1.807, 2.05) is 0 Å². The summed E-state index contributed by atoms with van der Waals surface area (Å²) in [6.45, 7) is 6.54. The lowest BCUT2D eigenvalue weighted by Gasteiger charge is -2.50. The van der Waals surface area contributed by atoms with Crippen molar-refractivity contribution in [1.29, 1.82) is 0 Å². The standard InChI is InChI=1S/C27H41F3O2/c1-4-6-15-26(32,5-2)18-19-10-12-22-20(17-19)14-16-25(3)21(11-13-23(22)25)8-7-9-24(31)27(28,29)30/h7,9-11,20,22-24,31-32H,4-6,8,12-18H2,1-3H3/b9-7+/t20-,22-,23+,24?,25-,26?/m1/s1. The van der Waals surface area contributed by atoms with Crippen molar-refractivity contribution < 1.29 is 23.4 Å². The second kappa shape index (κ2) is 10.0. The van der Waals surface area contributed by atoms with Gasteiger partial charge in [-0.15, -0.1) is 0 Å². The van der Waals surface area contributed by atoms with Gasteiger partial charge in [-0.05, 0) is 81.0 Å². The fourth-order valence-electron chi connectivity index (χ4n) is 6.57. The molecule has 0 saturated heterocycles. The van der Waals surface area contributed by atoms with Gasteiger partial charge in [0.25, 0.3) is 0 Å². The second-order valence-electron chi connectivity index (χ2n) is 10.7. The van der Waals surface area contributed by atoms with Gasteiger partial charge >= 0.3 is 6.18 Å². The summed E-state index contributed by atoms with van der Waals surface area (Å²) in [5.41, 5.74) is 2.13. The van der Waals surface area contributed by atoms with E-state index in [1.165, 1.54) is 17.2 Å². The Morgan fingerprint density at radius 1 is 1.22 bits per heavy atom. The van der Waals surface area contributed by atoms with Crippen LogP contribution in [0.5, 0.6) is 0 Å². The van der Waals surface area contributed by atoms with Crippen molar-refractivity contribution in [2.75, 3.05) is 0 Å². The molecule has 3 aliphatic carbocycles. The summed E-state index contributed by atoms with van der Waals surface area (Å²) in [5, 5.41) is 20.3. The first kappa shape index (κ1) is 25.6. The van der Waals surface area contributed by atoms with Gasteiger partial charge in [-0.2, -0.15) is 13.2 Å². The van der Waals surface area contributed by atoms with Gasteiger partial charge < -0.3 is 10.2 Å². The van der Waals surface area contributed by atoms with E-state index in [9.17, 15) is 23.4 Å². The minimum absolute atomic E-state index is 0.0469. The summed E-state index contributed by atoms with van der Waals surface area (Å²) in [6.07, 6.45) is 10.5. The summed E-state index contributed by atoms with van der Waals surface area (Å²) in [4.78, 5) is 0. The number of alkyl halides is 3. The van der Waals surface area contributed by atoms with Crippen molar-refractivity contribution in [2.24, 2.45) is 23.2 Å². The molecular weight excluding hydrogens is 413 g/mol. The third-order valence-corrected chi connectivity index (χ3v) is 8.73. The first-order chi connectivity index (χ1) is 15.0. The molecule has 0 aromatic heterocycles. The van der Waals surface area contributed by atoms with Crippen molar-refractivity contribution in [3.05, 3.63) is 35.5 Å². The third-order valence-electron chi connectivity index (χ3n) is 8.73. The van der Waals surface area contributed by atoms with Crippen molar-refractivity contribution in [1.82, 2.24) is 0 Å². The van der Waals surface area contributed by atoms with Crippen LogP contribution < -0.4 is 0 Å². The number of aliphatic hydroxyl groups excluding tert-OH is 1. The van der Waals surface area contributed by atoms with Crippen LogP contribution in [0.1, 0.15) is 91.4 Å². The molecule has 3 aliphatic rings.